The zero-order chi connectivity index (χ0) is 8.53. The molecule has 1 atom stereocenters. The molecule has 0 aromatic heterocycles. The summed E-state index contributed by atoms with van der Waals surface area (Å²) in [4.78, 5) is 13.3. The molecule has 0 bridgehead atoms. The lowest BCUT2D eigenvalue weighted by atomic mass is 9.97. The summed E-state index contributed by atoms with van der Waals surface area (Å²) >= 11 is 0. The van der Waals surface area contributed by atoms with Crippen LogP contribution in [-0.4, -0.2) is 12.6 Å². The molecule has 0 radical (unpaired) electrons. The second-order valence-electron chi connectivity index (χ2n) is 2.82. The summed E-state index contributed by atoms with van der Waals surface area (Å²) in [5, 5.41) is 0. The fraction of sp³-hybridized carbons (Fsp3) is 0.889. The van der Waals surface area contributed by atoms with E-state index in [1.165, 1.54) is 19.3 Å². The van der Waals surface area contributed by atoms with Gasteiger partial charge in [0.15, 0.2) is 0 Å². The first-order valence-corrected chi connectivity index (χ1v) is 4.38. The fourth-order valence-corrected chi connectivity index (χ4v) is 1.25. The van der Waals surface area contributed by atoms with Gasteiger partial charge in [0.2, 0.25) is 6.08 Å². The SMILES string of the molecule is CCCC(CC)CCN=C=O. The molecule has 0 heterocycles. The predicted molar refractivity (Wildman–Crippen MR) is 46.3 cm³/mol. The molecular weight excluding hydrogens is 138 g/mol. The first kappa shape index (κ1) is 10.4. The molecule has 11 heavy (non-hydrogen) atoms. The average Bonchev–Trinajstić information content (AvgIpc) is 2.03. The third-order valence-electron chi connectivity index (χ3n) is 1.99. The van der Waals surface area contributed by atoms with Crippen LogP contribution in [0, 0.1) is 5.92 Å². The van der Waals surface area contributed by atoms with Gasteiger partial charge in [-0.3, -0.25) is 0 Å². The maximum atomic E-state index is 9.74. The van der Waals surface area contributed by atoms with Crippen LogP contribution in [0.2, 0.25) is 0 Å². The predicted octanol–water partition coefficient (Wildman–Crippen LogP) is 2.54. The minimum atomic E-state index is 0.655. The molecule has 0 aromatic rings. The molecule has 0 spiro atoms. The highest BCUT2D eigenvalue weighted by molar-refractivity contribution is 5.32. The van der Waals surface area contributed by atoms with Gasteiger partial charge in [0, 0.05) is 0 Å². The first-order valence-electron chi connectivity index (χ1n) is 4.38. The highest BCUT2D eigenvalue weighted by Gasteiger charge is 2.02. The quantitative estimate of drug-likeness (QED) is 0.428. The molecule has 1 unspecified atom stereocenters. The van der Waals surface area contributed by atoms with Gasteiger partial charge in [-0.15, -0.1) is 0 Å². The van der Waals surface area contributed by atoms with E-state index in [1.54, 1.807) is 6.08 Å². The molecule has 0 aliphatic rings. The van der Waals surface area contributed by atoms with Crippen molar-refractivity contribution in [2.24, 2.45) is 10.9 Å². The van der Waals surface area contributed by atoms with Crippen LogP contribution in [0.5, 0.6) is 0 Å². The maximum absolute atomic E-state index is 9.74. The summed E-state index contributed by atoms with van der Waals surface area (Å²) in [6, 6.07) is 0. The van der Waals surface area contributed by atoms with Gasteiger partial charge >= 0.3 is 0 Å². The number of hydrogen-bond acceptors (Lipinski definition) is 2. The van der Waals surface area contributed by atoms with E-state index in [9.17, 15) is 4.79 Å². The smallest absolute Gasteiger partial charge is 0.211 e. The van der Waals surface area contributed by atoms with Crippen LogP contribution < -0.4 is 0 Å². The van der Waals surface area contributed by atoms with Gasteiger partial charge in [0.05, 0.1) is 6.54 Å². The van der Waals surface area contributed by atoms with Gasteiger partial charge in [0.25, 0.3) is 0 Å². The number of rotatable bonds is 6. The highest BCUT2D eigenvalue weighted by Crippen LogP contribution is 2.14. The van der Waals surface area contributed by atoms with Crippen molar-refractivity contribution in [3.63, 3.8) is 0 Å². The number of isocyanates is 1. The monoisotopic (exact) mass is 155 g/mol. The van der Waals surface area contributed by atoms with Crippen LogP contribution in [-0.2, 0) is 4.79 Å². The van der Waals surface area contributed by atoms with Crippen molar-refractivity contribution in [1.82, 2.24) is 0 Å². The molecule has 0 rings (SSSR count). The van der Waals surface area contributed by atoms with Crippen LogP contribution in [0.25, 0.3) is 0 Å². The number of hydrogen-bond donors (Lipinski definition) is 0. The van der Waals surface area contributed by atoms with Gasteiger partial charge in [-0.25, -0.2) is 9.79 Å². The van der Waals surface area contributed by atoms with Crippen LogP contribution >= 0.6 is 0 Å². The molecule has 64 valence electrons. The van der Waals surface area contributed by atoms with Crippen LogP contribution in [0.15, 0.2) is 4.99 Å². The Balaban J connectivity index is 3.42. The Bertz CT molecular complexity index is 128. The summed E-state index contributed by atoms with van der Waals surface area (Å²) in [6.07, 6.45) is 6.28. The second-order valence-corrected chi connectivity index (χ2v) is 2.82. The minimum absolute atomic E-state index is 0.655. The van der Waals surface area contributed by atoms with Crippen molar-refractivity contribution in [3.05, 3.63) is 0 Å². The minimum Gasteiger partial charge on any atom is -0.211 e. The summed E-state index contributed by atoms with van der Waals surface area (Å²) < 4.78 is 0. The van der Waals surface area contributed by atoms with Crippen molar-refractivity contribution in [2.75, 3.05) is 6.54 Å². The lowest BCUT2D eigenvalue weighted by Gasteiger charge is -2.10. The van der Waals surface area contributed by atoms with E-state index >= 15 is 0 Å². The molecule has 0 aliphatic heterocycles. The van der Waals surface area contributed by atoms with E-state index in [1.807, 2.05) is 0 Å². The zero-order valence-corrected chi connectivity index (χ0v) is 7.47. The van der Waals surface area contributed by atoms with Crippen molar-refractivity contribution in [3.8, 4) is 0 Å². The van der Waals surface area contributed by atoms with Gasteiger partial charge in [-0.2, -0.15) is 0 Å². The van der Waals surface area contributed by atoms with Gasteiger partial charge in [-0.1, -0.05) is 33.1 Å². The summed E-state index contributed by atoms with van der Waals surface area (Å²) in [5.41, 5.74) is 0. The van der Waals surface area contributed by atoms with Crippen molar-refractivity contribution in [2.45, 2.75) is 39.5 Å². The largest absolute Gasteiger partial charge is 0.234 e. The van der Waals surface area contributed by atoms with E-state index in [0.717, 1.165) is 12.3 Å². The first-order chi connectivity index (χ1) is 5.35. The molecule has 0 N–H and O–H groups in total. The van der Waals surface area contributed by atoms with Gasteiger partial charge in [0.1, 0.15) is 0 Å². The van der Waals surface area contributed by atoms with E-state index in [-0.39, 0.29) is 0 Å². The van der Waals surface area contributed by atoms with E-state index in [2.05, 4.69) is 18.8 Å². The lowest BCUT2D eigenvalue weighted by Crippen LogP contribution is -1.99. The van der Waals surface area contributed by atoms with Crippen LogP contribution in [0.3, 0.4) is 0 Å². The molecular formula is C9H17NO. The zero-order valence-electron chi connectivity index (χ0n) is 7.47. The average molecular weight is 155 g/mol. The number of aliphatic imine (C=N–C) groups is 1. The lowest BCUT2D eigenvalue weighted by molar-refractivity contribution is 0.438. The molecule has 2 heteroatoms. The Kier molecular flexibility index (Phi) is 7.06. The molecule has 0 saturated heterocycles. The van der Waals surface area contributed by atoms with Crippen molar-refractivity contribution >= 4 is 6.08 Å². The van der Waals surface area contributed by atoms with E-state index in [4.69, 9.17) is 0 Å². The summed E-state index contributed by atoms with van der Waals surface area (Å²) in [7, 11) is 0. The number of carbonyl (C=O) groups excluding carboxylic acids is 1. The molecule has 0 aliphatic carbocycles. The second kappa shape index (κ2) is 7.49. The molecule has 0 fully saturated rings. The standard InChI is InChI=1S/C9H17NO/c1-3-5-9(4-2)6-7-10-8-11/h9H,3-7H2,1-2H3. The Morgan fingerprint density at radius 2 is 2.09 bits per heavy atom. The Morgan fingerprint density at radius 1 is 1.36 bits per heavy atom. The molecule has 2 nitrogen and oxygen atoms in total. The summed E-state index contributed by atoms with van der Waals surface area (Å²) in [6.45, 7) is 5.03. The third kappa shape index (κ3) is 5.81. The van der Waals surface area contributed by atoms with Crippen molar-refractivity contribution in [1.29, 1.82) is 0 Å². The Hall–Kier alpha value is -0.620. The molecule has 0 amide bonds. The Morgan fingerprint density at radius 3 is 2.55 bits per heavy atom. The normalized spacial score (nSPS) is 12.2. The maximum Gasteiger partial charge on any atom is 0.234 e. The van der Waals surface area contributed by atoms with Crippen LogP contribution in [0.1, 0.15) is 39.5 Å². The van der Waals surface area contributed by atoms with Gasteiger partial charge in [-0.05, 0) is 12.3 Å². The summed E-state index contributed by atoms with van der Waals surface area (Å²) in [5.74, 6) is 0.747. The topological polar surface area (TPSA) is 29.4 Å². The Labute approximate surface area is 68.7 Å². The fourth-order valence-electron chi connectivity index (χ4n) is 1.25. The van der Waals surface area contributed by atoms with E-state index < -0.39 is 0 Å². The third-order valence-corrected chi connectivity index (χ3v) is 1.99. The van der Waals surface area contributed by atoms with E-state index in [0.29, 0.717) is 6.54 Å². The van der Waals surface area contributed by atoms with Crippen molar-refractivity contribution < 1.29 is 4.79 Å². The number of nitrogens with zero attached hydrogens (tertiary/aromatic N) is 1. The molecule has 0 saturated carbocycles. The van der Waals surface area contributed by atoms with Crippen LogP contribution in [0.4, 0.5) is 0 Å². The molecule has 0 aromatic carbocycles. The highest BCUT2D eigenvalue weighted by atomic mass is 16.1. The van der Waals surface area contributed by atoms with Gasteiger partial charge < -0.3 is 0 Å².